The third-order valence-corrected chi connectivity index (χ3v) is 4.80. The average Bonchev–Trinajstić information content (AvgIpc) is 2.74. The third-order valence-electron chi connectivity index (χ3n) is 4.80. The molecule has 116 valence electrons. The summed E-state index contributed by atoms with van der Waals surface area (Å²) in [5, 5.41) is 9.48. The van der Waals surface area contributed by atoms with Crippen LogP contribution in [0.4, 0.5) is 0 Å². The van der Waals surface area contributed by atoms with Gasteiger partial charge in [0.2, 0.25) is 0 Å². The molecule has 2 atom stereocenters. The highest BCUT2D eigenvalue weighted by atomic mass is 15.3. The zero-order chi connectivity index (χ0) is 15.6. The fraction of sp³-hybridized carbons (Fsp3) is 0.611. The molecule has 0 saturated carbocycles. The van der Waals surface area contributed by atoms with E-state index in [1.807, 2.05) is 11.7 Å². The van der Waals surface area contributed by atoms with Crippen LogP contribution in [0.2, 0.25) is 0 Å². The summed E-state index contributed by atoms with van der Waals surface area (Å²) >= 11 is 0. The van der Waals surface area contributed by atoms with Crippen LogP contribution in [0, 0.1) is 11.3 Å². The van der Waals surface area contributed by atoms with Crippen molar-refractivity contribution in [3.05, 3.63) is 30.0 Å². The Morgan fingerprint density at radius 3 is 2.52 bits per heavy atom. The summed E-state index contributed by atoms with van der Waals surface area (Å²) in [5.74, 6) is 0.671. The topological polar surface area (TPSA) is 29.9 Å². The van der Waals surface area contributed by atoms with E-state index in [9.17, 15) is 0 Å². The fourth-order valence-corrected chi connectivity index (χ4v) is 2.76. The second kappa shape index (κ2) is 6.18. The minimum absolute atomic E-state index is 0.348. The van der Waals surface area contributed by atoms with Crippen LogP contribution >= 0.6 is 0 Å². The number of nitrogens with one attached hydrogen (secondary N) is 1. The summed E-state index contributed by atoms with van der Waals surface area (Å²) in [5.41, 5.74) is 2.76. The Hall–Kier alpha value is -1.35. The zero-order valence-corrected chi connectivity index (χ0v) is 14.3. The first kappa shape index (κ1) is 16.0. The first-order valence-electron chi connectivity index (χ1n) is 7.90. The Kier molecular flexibility index (Phi) is 4.72. The van der Waals surface area contributed by atoms with Gasteiger partial charge in [0, 0.05) is 24.9 Å². The first-order valence-corrected chi connectivity index (χ1v) is 7.90. The zero-order valence-electron chi connectivity index (χ0n) is 14.3. The third kappa shape index (κ3) is 3.65. The van der Waals surface area contributed by atoms with E-state index in [0.29, 0.717) is 17.4 Å². The Labute approximate surface area is 128 Å². The fourth-order valence-electron chi connectivity index (χ4n) is 2.76. The summed E-state index contributed by atoms with van der Waals surface area (Å²) in [6, 6.07) is 8.96. The predicted molar refractivity (Wildman–Crippen MR) is 90.5 cm³/mol. The molecule has 0 amide bonds. The molecule has 1 heterocycles. The van der Waals surface area contributed by atoms with Gasteiger partial charge >= 0.3 is 0 Å². The molecule has 0 spiro atoms. The van der Waals surface area contributed by atoms with Gasteiger partial charge < -0.3 is 5.32 Å². The van der Waals surface area contributed by atoms with E-state index in [0.717, 1.165) is 6.42 Å². The SMILES string of the molecule is CNC(Cc1nn(C)c2ccccc12)CC(C)C(C)(C)C. The molecular weight excluding hydrogens is 258 g/mol. The highest BCUT2D eigenvalue weighted by molar-refractivity contribution is 5.81. The van der Waals surface area contributed by atoms with Gasteiger partial charge in [-0.25, -0.2) is 0 Å². The normalized spacial score (nSPS) is 15.3. The Bertz CT molecular complexity index is 592. The second-order valence-corrected chi connectivity index (χ2v) is 7.28. The highest BCUT2D eigenvalue weighted by Gasteiger charge is 2.24. The van der Waals surface area contributed by atoms with Gasteiger partial charge in [0.15, 0.2) is 0 Å². The van der Waals surface area contributed by atoms with Gasteiger partial charge in [-0.15, -0.1) is 0 Å². The summed E-state index contributed by atoms with van der Waals surface area (Å²) in [4.78, 5) is 0. The molecule has 1 N–H and O–H groups in total. The van der Waals surface area contributed by atoms with E-state index in [2.05, 4.69) is 64.3 Å². The molecule has 2 rings (SSSR count). The number of aromatic nitrogens is 2. The minimum atomic E-state index is 0.348. The van der Waals surface area contributed by atoms with Crippen LogP contribution in [0.25, 0.3) is 10.9 Å². The lowest BCUT2D eigenvalue weighted by Gasteiger charge is -2.30. The Balaban J connectivity index is 2.18. The molecule has 3 nitrogen and oxygen atoms in total. The number of aryl methyl sites for hydroxylation is 1. The maximum atomic E-state index is 4.72. The number of hydrogen-bond donors (Lipinski definition) is 1. The van der Waals surface area contributed by atoms with Crippen molar-refractivity contribution >= 4 is 10.9 Å². The summed E-state index contributed by atoms with van der Waals surface area (Å²) < 4.78 is 1.99. The van der Waals surface area contributed by atoms with Crippen LogP contribution in [0.5, 0.6) is 0 Å². The van der Waals surface area contributed by atoms with Gasteiger partial charge in [0.1, 0.15) is 0 Å². The predicted octanol–water partition coefficient (Wildman–Crippen LogP) is 3.78. The number of rotatable bonds is 5. The molecule has 21 heavy (non-hydrogen) atoms. The van der Waals surface area contributed by atoms with Crippen LogP contribution in [-0.2, 0) is 13.5 Å². The maximum Gasteiger partial charge on any atom is 0.0718 e. The van der Waals surface area contributed by atoms with Gasteiger partial charge in [-0.2, -0.15) is 5.10 Å². The second-order valence-electron chi connectivity index (χ2n) is 7.28. The lowest BCUT2D eigenvalue weighted by atomic mass is 9.78. The molecule has 0 bridgehead atoms. The number of likely N-dealkylation sites (N-methyl/N-ethyl adjacent to an activating group) is 1. The van der Waals surface area contributed by atoms with E-state index in [4.69, 9.17) is 5.10 Å². The average molecular weight is 287 g/mol. The van der Waals surface area contributed by atoms with Gasteiger partial charge in [-0.1, -0.05) is 45.9 Å². The van der Waals surface area contributed by atoms with E-state index in [1.165, 1.54) is 23.0 Å². The number of fused-ring (bicyclic) bond motifs is 1. The molecule has 2 unspecified atom stereocenters. The van der Waals surface area contributed by atoms with Crippen LogP contribution in [0.1, 0.15) is 39.8 Å². The maximum absolute atomic E-state index is 4.72. The number of para-hydroxylation sites is 1. The smallest absolute Gasteiger partial charge is 0.0718 e. The summed E-state index contributed by atoms with van der Waals surface area (Å²) in [6.07, 6.45) is 2.16. The van der Waals surface area contributed by atoms with Crippen LogP contribution in [0.3, 0.4) is 0 Å². The van der Waals surface area contributed by atoms with Gasteiger partial charge in [0.05, 0.1) is 11.2 Å². The molecule has 1 aromatic heterocycles. The van der Waals surface area contributed by atoms with Crippen molar-refractivity contribution in [2.24, 2.45) is 18.4 Å². The quantitative estimate of drug-likeness (QED) is 0.907. The molecule has 0 saturated heterocycles. The van der Waals surface area contributed by atoms with Crippen molar-refractivity contribution in [3.8, 4) is 0 Å². The van der Waals surface area contributed by atoms with Gasteiger partial charge in [0.25, 0.3) is 0 Å². The molecule has 0 fully saturated rings. The van der Waals surface area contributed by atoms with Crippen molar-refractivity contribution in [2.75, 3.05) is 7.05 Å². The van der Waals surface area contributed by atoms with Crippen molar-refractivity contribution < 1.29 is 0 Å². The highest BCUT2D eigenvalue weighted by Crippen LogP contribution is 2.30. The number of benzene rings is 1. The van der Waals surface area contributed by atoms with Crippen molar-refractivity contribution in [1.82, 2.24) is 15.1 Å². The monoisotopic (exact) mass is 287 g/mol. The molecule has 1 aromatic carbocycles. The molecule has 0 aliphatic heterocycles. The van der Waals surface area contributed by atoms with Crippen LogP contribution in [-0.4, -0.2) is 22.9 Å². The van der Waals surface area contributed by atoms with E-state index >= 15 is 0 Å². The van der Waals surface area contributed by atoms with E-state index in [-0.39, 0.29) is 0 Å². The molecule has 0 aliphatic rings. The van der Waals surface area contributed by atoms with E-state index in [1.54, 1.807) is 0 Å². The van der Waals surface area contributed by atoms with Crippen molar-refractivity contribution in [1.29, 1.82) is 0 Å². The van der Waals surface area contributed by atoms with Crippen LogP contribution < -0.4 is 5.32 Å². The largest absolute Gasteiger partial charge is 0.317 e. The summed E-state index contributed by atoms with van der Waals surface area (Å²) in [7, 11) is 4.09. The minimum Gasteiger partial charge on any atom is -0.317 e. The number of hydrogen-bond acceptors (Lipinski definition) is 2. The molecule has 2 aromatic rings. The van der Waals surface area contributed by atoms with E-state index < -0.39 is 0 Å². The molecule has 0 radical (unpaired) electrons. The van der Waals surface area contributed by atoms with Gasteiger partial charge in [-0.3, -0.25) is 4.68 Å². The first-order chi connectivity index (χ1) is 9.82. The molecule has 0 aliphatic carbocycles. The van der Waals surface area contributed by atoms with Crippen molar-refractivity contribution in [3.63, 3.8) is 0 Å². The molecule has 3 heteroatoms. The van der Waals surface area contributed by atoms with Crippen LogP contribution in [0.15, 0.2) is 24.3 Å². The lowest BCUT2D eigenvalue weighted by molar-refractivity contribution is 0.224. The Morgan fingerprint density at radius 2 is 1.90 bits per heavy atom. The summed E-state index contributed by atoms with van der Waals surface area (Å²) in [6.45, 7) is 9.31. The molecular formula is C18H29N3. The van der Waals surface area contributed by atoms with Gasteiger partial charge in [-0.05, 0) is 30.9 Å². The standard InChI is InChI=1S/C18H29N3/c1-13(18(2,3)4)11-14(19-5)12-16-15-9-7-8-10-17(15)21(6)20-16/h7-10,13-14,19H,11-12H2,1-6H3. The lowest BCUT2D eigenvalue weighted by Crippen LogP contribution is -2.33. The number of nitrogens with zero attached hydrogens (tertiary/aromatic N) is 2. The Morgan fingerprint density at radius 1 is 1.24 bits per heavy atom. The van der Waals surface area contributed by atoms with Crippen molar-refractivity contribution in [2.45, 2.75) is 46.6 Å².